The summed E-state index contributed by atoms with van der Waals surface area (Å²) in [5, 5.41) is 11.2. The van der Waals surface area contributed by atoms with E-state index < -0.39 is 0 Å². The molecule has 0 spiro atoms. The van der Waals surface area contributed by atoms with Gasteiger partial charge in [0.25, 0.3) is 0 Å². The van der Waals surface area contributed by atoms with Crippen LogP contribution >= 0.6 is 22.9 Å². The topological polar surface area (TPSA) is 72.1 Å². The Balaban J connectivity index is 1.29. The normalized spacial score (nSPS) is 13.3. The lowest BCUT2D eigenvalue weighted by Gasteiger charge is -2.20. The van der Waals surface area contributed by atoms with Gasteiger partial charge in [-0.3, -0.25) is 4.79 Å². The van der Waals surface area contributed by atoms with E-state index in [1.807, 2.05) is 23.6 Å². The molecule has 0 N–H and O–H groups in total. The van der Waals surface area contributed by atoms with Gasteiger partial charge in [0.1, 0.15) is 10.8 Å². The molecular formula is C23H18ClFN4O2S. The average Bonchev–Trinajstić information content (AvgIpc) is 3.33. The summed E-state index contributed by atoms with van der Waals surface area (Å²) in [5.74, 6) is 0.318. The van der Waals surface area contributed by atoms with E-state index in [1.165, 1.54) is 23.5 Å². The average molecular weight is 469 g/mol. The predicted molar refractivity (Wildman–Crippen MR) is 120 cm³/mol. The van der Waals surface area contributed by atoms with E-state index in [0.29, 0.717) is 38.6 Å². The molecule has 0 saturated heterocycles. The van der Waals surface area contributed by atoms with Crippen LogP contribution in [0.2, 0.25) is 5.02 Å². The van der Waals surface area contributed by atoms with Gasteiger partial charge in [-0.2, -0.15) is 0 Å². The van der Waals surface area contributed by atoms with Crippen molar-refractivity contribution in [2.75, 3.05) is 0 Å². The fourth-order valence-electron chi connectivity index (χ4n) is 3.41. The van der Waals surface area contributed by atoms with Crippen LogP contribution in [0.5, 0.6) is 0 Å². The van der Waals surface area contributed by atoms with Crippen LogP contribution in [0.4, 0.5) is 4.39 Å². The van der Waals surface area contributed by atoms with E-state index >= 15 is 0 Å². The molecule has 2 aromatic carbocycles. The van der Waals surface area contributed by atoms with E-state index in [-0.39, 0.29) is 30.7 Å². The monoisotopic (exact) mass is 468 g/mol. The summed E-state index contributed by atoms with van der Waals surface area (Å²) >= 11 is 7.60. The number of hydrogen-bond acceptors (Lipinski definition) is 6. The van der Waals surface area contributed by atoms with Crippen molar-refractivity contribution in [1.82, 2.24) is 20.1 Å². The number of amides is 1. The molecule has 0 radical (unpaired) electrons. The highest BCUT2D eigenvalue weighted by Gasteiger charge is 2.34. The molecule has 1 amide bonds. The van der Waals surface area contributed by atoms with Crippen LogP contribution in [-0.2, 0) is 17.8 Å². The van der Waals surface area contributed by atoms with Crippen molar-refractivity contribution in [3.63, 3.8) is 0 Å². The van der Waals surface area contributed by atoms with Crippen molar-refractivity contribution >= 4 is 28.8 Å². The molecule has 1 fully saturated rings. The molecule has 9 heteroatoms. The van der Waals surface area contributed by atoms with Gasteiger partial charge in [-0.25, -0.2) is 9.37 Å². The largest absolute Gasteiger partial charge is 0.419 e. The molecule has 2 aromatic heterocycles. The summed E-state index contributed by atoms with van der Waals surface area (Å²) in [4.78, 5) is 19.3. The maximum Gasteiger partial charge on any atom is 0.249 e. The third-order valence-corrected chi connectivity index (χ3v) is 6.41. The molecule has 6 nitrogen and oxygen atoms in total. The first-order chi connectivity index (χ1) is 15.6. The molecule has 32 heavy (non-hydrogen) atoms. The van der Waals surface area contributed by atoms with Gasteiger partial charge in [-0.15, -0.1) is 21.5 Å². The highest BCUT2D eigenvalue weighted by Crippen LogP contribution is 2.31. The molecule has 5 rings (SSSR count). The van der Waals surface area contributed by atoms with Crippen LogP contribution in [-0.4, -0.2) is 32.0 Å². The molecule has 1 aliphatic carbocycles. The molecule has 1 saturated carbocycles. The fraction of sp³-hybridized carbons (Fsp3) is 0.217. The Morgan fingerprint density at radius 3 is 2.81 bits per heavy atom. The summed E-state index contributed by atoms with van der Waals surface area (Å²) in [6.45, 7) is 0.238. The van der Waals surface area contributed by atoms with E-state index in [2.05, 4.69) is 15.2 Å². The Kier molecular flexibility index (Phi) is 5.71. The van der Waals surface area contributed by atoms with Crippen molar-refractivity contribution in [2.24, 2.45) is 0 Å². The summed E-state index contributed by atoms with van der Waals surface area (Å²) < 4.78 is 19.3. The van der Waals surface area contributed by atoms with Crippen molar-refractivity contribution in [1.29, 1.82) is 0 Å². The zero-order chi connectivity index (χ0) is 22.1. The van der Waals surface area contributed by atoms with Gasteiger partial charge in [-0.05, 0) is 37.1 Å². The number of aromatic nitrogens is 3. The quantitative estimate of drug-likeness (QED) is 0.364. The van der Waals surface area contributed by atoms with Crippen LogP contribution in [0.25, 0.3) is 22.0 Å². The number of carbonyl (C=O) groups is 1. The maximum atomic E-state index is 13.5. The van der Waals surface area contributed by atoms with Crippen LogP contribution in [0.15, 0.2) is 58.3 Å². The number of thiazole rings is 1. The van der Waals surface area contributed by atoms with Crippen molar-refractivity contribution in [2.45, 2.75) is 31.8 Å². The Morgan fingerprint density at radius 2 is 2.03 bits per heavy atom. The molecule has 1 aliphatic rings. The zero-order valence-electron chi connectivity index (χ0n) is 16.9. The smallest absolute Gasteiger partial charge is 0.249 e. The Morgan fingerprint density at radius 1 is 1.19 bits per heavy atom. The Hall–Kier alpha value is -3.10. The molecular weight excluding hydrogens is 451 g/mol. The molecule has 0 bridgehead atoms. The van der Waals surface area contributed by atoms with Crippen LogP contribution in [0, 0.1) is 5.82 Å². The number of hydrogen-bond donors (Lipinski definition) is 0. The summed E-state index contributed by atoms with van der Waals surface area (Å²) in [6, 6.07) is 13.7. The number of carbonyl (C=O) groups excluding carboxylic acids is 1. The summed E-state index contributed by atoms with van der Waals surface area (Å²) in [7, 11) is 0. The Bertz CT molecular complexity index is 1270. The van der Waals surface area contributed by atoms with E-state index in [1.54, 1.807) is 23.1 Å². The zero-order valence-corrected chi connectivity index (χ0v) is 18.4. The lowest BCUT2D eigenvalue weighted by molar-refractivity contribution is -0.132. The highest BCUT2D eigenvalue weighted by atomic mass is 35.5. The molecule has 0 unspecified atom stereocenters. The fourth-order valence-corrected chi connectivity index (χ4v) is 4.45. The SMILES string of the molecule is O=C(Cc1csc(-c2cccc(F)c2)n1)N(Cc1nnc(-c2ccccc2Cl)o1)C1CC1. The minimum atomic E-state index is -0.314. The van der Waals surface area contributed by atoms with Crippen LogP contribution in [0.3, 0.4) is 0 Å². The van der Waals surface area contributed by atoms with Gasteiger partial charge in [-0.1, -0.05) is 35.9 Å². The maximum absolute atomic E-state index is 13.5. The lowest BCUT2D eigenvalue weighted by atomic mass is 10.2. The summed E-state index contributed by atoms with van der Waals surface area (Å²) in [6.07, 6.45) is 2.06. The minimum absolute atomic E-state index is 0.0546. The second kappa shape index (κ2) is 8.80. The highest BCUT2D eigenvalue weighted by molar-refractivity contribution is 7.13. The molecule has 4 aromatic rings. The number of nitrogens with zero attached hydrogens (tertiary/aromatic N) is 4. The predicted octanol–water partition coefficient (Wildman–Crippen LogP) is 5.39. The standard InChI is InChI=1S/C23H18ClFN4O2S/c24-19-7-2-1-6-18(19)22-28-27-20(31-22)12-29(17-8-9-17)21(30)11-16-13-32-23(26-16)14-4-3-5-15(25)10-14/h1-7,10,13,17H,8-9,11-12H2. The van der Waals surface area contributed by atoms with E-state index in [0.717, 1.165) is 12.8 Å². The van der Waals surface area contributed by atoms with E-state index in [9.17, 15) is 9.18 Å². The third kappa shape index (κ3) is 4.56. The van der Waals surface area contributed by atoms with E-state index in [4.69, 9.17) is 16.0 Å². The second-order valence-corrected chi connectivity index (χ2v) is 8.83. The molecule has 0 aliphatic heterocycles. The second-order valence-electron chi connectivity index (χ2n) is 7.56. The van der Waals surface area contributed by atoms with Gasteiger partial charge < -0.3 is 9.32 Å². The lowest BCUT2D eigenvalue weighted by Crippen LogP contribution is -2.34. The first kappa shape index (κ1) is 20.8. The van der Waals surface area contributed by atoms with Crippen molar-refractivity contribution in [3.8, 4) is 22.0 Å². The first-order valence-electron chi connectivity index (χ1n) is 10.1. The Labute approximate surface area is 192 Å². The van der Waals surface area contributed by atoms with Crippen LogP contribution < -0.4 is 0 Å². The molecule has 2 heterocycles. The van der Waals surface area contributed by atoms with Crippen molar-refractivity contribution in [3.05, 3.63) is 76.3 Å². The first-order valence-corrected chi connectivity index (χ1v) is 11.4. The van der Waals surface area contributed by atoms with Crippen molar-refractivity contribution < 1.29 is 13.6 Å². The van der Waals surface area contributed by atoms with Gasteiger partial charge in [0.05, 0.1) is 29.2 Å². The minimum Gasteiger partial charge on any atom is -0.419 e. The molecule has 0 atom stereocenters. The van der Waals surface area contributed by atoms with Gasteiger partial charge in [0.2, 0.25) is 17.7 Å². The molecule has 162 valence electrons. The number of benzene rings is 2. The van der Waals surface area contributed by atoms with Crippen LogP contribution in [0.1, 0.15) is 24.4 Å². The van der Waals surface area contributed by atoms with Gasteiger partial charge in [0, 0.05) is 17.0 Å². The number of rotatable bonds is 7. The summed E-state index contributed by atoms with van der Waals surface area (Å²) in [5.41, 5.74) is 2.02. The van der Waals surface area contributed by atoms with Gasteiger partial charge >= 0.3 is 0 Å². The van der Waals surface area contributed by atoms with Gasteiger partial charge in [0.15, 0.2) is 0 Å². The number of halogens is 2. The third-order valence-electron chi connectivity index (χ3n) is 5.14.